The summed E-state index contributed by atoms with van der Waals surface area (Å²) in [7, 11) is 1.98. The van der Waals surface area contributed by atoms with Crippen molar-refractivity contribution in [2.75, 3.05) is 13.6 Å². The van der Waals surface area contributed by atoms with Gasteiger partial charge in [0.1, 0.15) is 6.04 Å². The van der Waals surface area contributed by atoms with E-state index in [1.807, 2.05) is 20.9 Å². The Morgan fingerprint density at radius 1 is 1.44 bits per heavy atom. The molecular formula is C13H23IN2O2. The van der Waals surface area contributed by atoms with Gasteiger partial charge in [0.2, 0.25) is 9.70 Å². The molecule has 1 heterocycles. The molecule has 0 bridgehead atoms. The summed E-state index contributed by atoms with van der Waals surface area (Å²) in [6.45, 7) is 5.01. The number of halogens is 1. The molecule has 1 unspecified atom stereocenters. The highest BCUT2D eigenvalue weighted by molar-refractivity contribution is 14.1. The summed E-state index contributed by atoms with van der Waals surface area (Å²) < 4.78 is 0.0220. The summed E-state index contributed by atoms with van der Waals surface area (Å²) in [5.41, 5.74) is 0. The zero-order valence-corrected chi connectivity index (χ0v) is 13.6. The Balaban J connectivity index is 2.63. The summed E-state index contributed by atoms with van der Waals surface area (Å²) in [5, 5.41) is 2.93. The van der Waals surface area contributed by atoms with Crippen molar-refractivity contribution in [3.8, 4) is 0 Å². The highest BCUT2D eigenvalue weighted by Gasteiger charge is 2.30. The molecule has 1 N–H and O–H groups in total. The first-order valence-corrected chi connectivity index (χ1v) is 7.75. The Morgan fingerprint density at radius 3 is 2.61 bits per heavy atom. The number of carbonyl (C=O) groups is 2. The van der Waals surface area contributed by atoms with Crippen LogP contribution in [-0.4, -0.2) is 40.3 Å². The number of nitrogens with one attached hydrogen (secondary N) is 1. The Bertz CT molecular complexity index is 309. The van der Waals surface area contributed by atoms with Crippen molar-refractivity contribution in [1.29, 1.82) is 0 Å². The standard InChI is InChI=1S/C13H23IN2O2/c1-4-9(2)11(12(14)17)15-13(18)10-7-5-6-8-16(10)3/h9-11H,4-8H2,1-3H3,(H,15,18)/t9-,10?,11-/m0/s1. The van der Waals surface area contributed by atoms with Gasteiger partial charge in [-0.2, -0.15) is 0 Å². The summed E-state index contributed by atoms with van der Waals surface area (Å²) in [6.07, 6.45) is 4.03. The predicted molar refractivity (Wildman–Crippen MR) is 80.7 cm³/mol. The predicted octanol–water partition coefficient (Wildman–Crippen LogP) is 1.96. The molecule has 1 fully saturated rings. The maximum absolute atomic E-state index is 12.2. The summed E-state index contributed by atoms with van der Waals surface area (Å²) in [5.74, 6) is 0.194. The van der Waals surface area contributed by atoms with Gasteiger partial charge in [-0.25, -0.2) is 0 Å². The average Bonchev–Trinajstić information content (AvgIpc) is 2.35. The van der Waals surface area contributed by atoms with Gasteiger partial charge in [-0.3, -0.25) is 14.5 Å². The molecule has 0 aromatic rings. The Kier molecular flexibility index (Phi) is 6.55. The molecule has 3 atom stereocenters. The molecule has 1 saturated heterocycles. The second kappa shape index (κ2) is 7.43. The van der Waals surface area contributed by atoms with E-state index in [9.17, 15) is 9.59 Å². The average molecular weight is 366 g/mol. The van der Waals surface area contributed by atoms with Crippen LogP contribution in [-0.2, 0) is 9.59 Å². The Hall–Kier alpha value is -0.170. The molecule has 0 aromatic heterocycles. The second-order valence-electron chi connectivity index (χ2n) is 5.17. The first-order chi connectivity index (χ1) is 8.47. The zero-order chi connectivity index (χ0) is 13.7. The zero-order valence-electron chi connectivity index (χ0n) is 11.4. The van der Waals surface area contributed by atoms with Gasteiger partial charge >= 0.3 is 0 Å². The van der Waals surface area contributed by atoms with Crippen molar-refractivity contribution >= 4 is 32.3 Å². The molecule has 0 aliphatic carbocycles. The minimum absolute atomic E-state index is 0.00696. The fourth-order valence-electron chi connectivity index (χ4n) is 2.31. The number of hydrogen-bond donors (Lipinski definition) is 1. The quantitative estimate of drug-likeness (QED) is 0.598. The number of carbonyl (C=O) groups excluding carboxylic acids is 2. The molecule has 0 spiro atoms. The molecule has 0 radical (unpaired) electrons. The van der Waals surface area contributed by atoms with E-state index in [1.165, 1.54) is 0 Å². The maximum atomic E-state index is 12.2. The van der Waals surface area contributed by atoms with Gasteiger partial charge in [-0.15, -0.1) is 0 Å². The van der Waals surface area contributed by atoms with Gasteiger partial charge in [0.15, 0.2) is 0 Å². The number of piperidine rings is 1. The van der Waals surface area contributed by atoms with Crippen LogP contribution >= 0.6 is 22.6 Å². The summed E-state index contributed by atoms with van der Waals surface area (Å²) in [6, 6.07) is -0.417. The van der Waals surface area contributed by atoms with Crippen molar-refractivity contribution in [1.82, 2.24) is 10.2 Å². The van der Waals surface area contributed by atoms with Crippen LogP contribution in [0.2, 0.25) is 0 Å². The van der Waals surface area contributed by atoms with E-state index in [0.29, 0.717) is 0 Å². The van der Waals surface area contributed by atoms with Crippen LogP contribution in [0.25, 0.3) is 0 Å². The smallest absolute Gasteiger partial charge is 0.237 e. The Labute approximate surface area is 123 Å². The van der Waals surface area contributed by atoms with E-state index in [1.54, 1.807) is 22.6 Å². The van der Waals surface area contributed by atoms with Gasteiger partial charge < -0.3 is 5.32 Å². The number of amides is 1. The van der Waals surface area contributed by atoms with E-state index < -0.39 is 0 Å². The number of likely N-dealkylation sites (N-methyl/N-ethyl adjacent to an activating group) is 1. The largest absolute Gasteiger partial charge is 0.344 e. The van der Waals surface area contributed by atoms with Gasteiger partial charge in [0.25, 0.3) is 0 Å². The van der Waals surface area contributed by atoms with Crippen molar-refractivity contribution in [2.24, 2.45) is 5.92 Å². The third-order valence-electron chi connectivity index (χ3n) is 3.83. The first kappa shape index (κ1) is 15.9. The van der Waals surface area contributed by atoms with Crippen LogP contribution in [0.5, 0.6) is 0 Å². The molecule has 104 valence electrons. The molecule has 18 heavy (non-hydrogen) atoms. The van der Waals surface area contributed by atoms with Crippen LogP contribution in [0.1, 0.15) is 39.5 Å². The molecule has 0 saturated carbocycles. The fourth-order valence-corrected chi connectivity index (χ4v) is 3.08. The molecular weight excluding hydrogens is 343 g/mol. The molecule has 1 aliphatic rings. The van der Waals surface area contributed by atoms with Crippen molar-refractivity contribution in [3.05, 3.63) is 0 Å². The minimum Gasteiger partial charge on any atom is -0.344 e. The Morgan fingerprint density at radius 2 is 2.11 bits per heavy atom. The van der Waals surface area contributed by atoms with Crippen molar-refractivity contribution in [2.45, 2.75) is 51.6 Å². The third kappa shape index (κ3) is 4.19. The van der Waals surface area contributed by atoms with Crippen molar-refractivity contribution in [3.63, 3.8) is 0 Å². The highest BCUT2D eigenvalue weighted by Crippen LogP contribution is 2.17. The van der Waals surface area contributed by atoms with Crippen LogP contribution in [0.3, 0.4) is 0 Å². The van der Waals surface area contributed by atoms with Gasteiger partial charge in [0.05, 0.1) is 6.04 Å². The summed E-state index contributed by atoms with van der Waals surface area (Å²) in [4.78, 5) is 25.9. The molecule has 1 amide bonds. The number of nitrogens with zero attached hydrogens (tertiary/aromatic N) is 1. The SMILES string of the molecule is CC[C@H](C)[C@H](NC(=O)C1CCCCN1C)C(=O)I. The number of rotatable bonds is 5. The lowest BCUT2D eigenvalue weighted by Gasteiger charge is -2.33. The fraction of sp³-hybridized carbons (Fsp3) is 0.846. The molecule has 0 aromatic carbocycles. The molecule has 4 nitrogen and oxygen atoms in total. The lowest BCUT2D eigenvalue weighted by Crippen LogP contribution is -2.53. The monoisotopic (exact) mass is 366 g/mol. The van der Waals surface area contributed by atoms with Crippen LogP contribution in [0, 0.1) is 5.92 Å². The second-order valence-corrected chi connectivity index (χ2v) is 6.23. The van der Waals surface area contributed by atoms with Crippen LogP contribution in [0.4, 0.5) is 0 Å². The van der Waals surface area contributed by atoms with E-state index in [4.69, 9.17) is 0 Å². The number of hydrogen-bond acceptors (Lipinski definition) is 3. The third-order valence-corrected chi connectivity index (χ3v) is 4.50. The lowest BCUT2D eigenvalue weighted by molar-refractivity contribution is -0.130. The van der Waals surface area contributed by atoms with E-state index in [-0.39, 0.29) is 27.7 Å². The van der Waals surface area contributed by atoms with E-state index in [0.717, 1.165) is 32.2 Å². The maximum Gasteiger partial charge on any atom is 0.237 e. The highest BCUT2D eigenvalue weighted by atomic mass is 127. The molecule has 1 aliphatic heterocycles. The van der Waals surface area contributed by atoms with Gasteiger partial charge in [0, 0.05) is 22.6 Å². The molecule has 1 rings (SSSR count). The minimum atomic E-state index is -0.349. The normalized spacial score (nSPS) is 24.3. The van der Waals surface area contributed by atoms with Crippen LogP contribution < -0.4 is 5.32 Å². The van der Waals surface area contributed by atoms with Gasteiger partial charge in [-0.05, 0) is 32.4 Å². The van der Waals surface area contributed by atoms with Gasteiger partial charge in [-0.1, -0.05) is 26.7 Å². The topological polar surface area (TPSA) is 49.4 Å². The lowest BCUT2D eigenvalue weighted by atomic mass is 9.98. The first-order valence-electron chi connectivity index (χ1n) is 6.67. The molecule has 5 heteroatoms. The van der Waals surface area contributed by atoms with E-state index >= 15 is 0 Å². The van der Waals surface area contributed by atoms with Crippen LogP contribution in [0.15, 0.2) is 0 Å². The summed E-state index contributed by atoms with van der Waals surface area (Å²) >= 11 is 1.79. The van der Waals surface area contributed by atoms with E-state index in [2.05, 4.69) is 10.2 Å². The number of likely N-dealkylation sites (tertiary alicyclic amines) is 1. The van der Waals surface area contributed by atoms with Crippen molar-refractivity contribution < 1.29 is 9.59 Å².